The molecule has 0 fully saturated rings. The third-order valence-corrected chi connectivity index (χ3v) is 3.57. The molecular weight excluding hydrogens is 262 g/mol. The van der Waals surface area contributed by atoms with Crippen LogP contribution in [0.1, 0.15) is 31.2 Å². The summed E-state index contributed by atoms with van der Waals surface area (Å²) in [5.74, 6) is -0.588. The fraction of sp³-hybridized carbons (Fsp3) is 0.500. The molecule has 0 saturated carbocycles. The van der Waals surface area contributed by atoms with Crippen LogP contribution in [0.15, 0.2) is 18.2 Å². The zero-order valence-corrected chi connectivity index (χ0v) is 11.5. The molecule has 0 aliphatic carbocycles. The third kappa shape index (κ3) is 2.59. The summed E-state index contributed by atoms with van der Waals surface area (Å²) < 4.78 is 10.5. The van der Waals surface area contributed by atoms with Gasteiger partial charge < -0.3 is 9.47 Å². The van der Waals surface area contributed by atoms with Crippen LogP contribution in [-0.4, -0.2) is 24.5 Å². The molecule has 1 aliphatic rings. The first-order valence-electron chi connectivity index (χ1n) is 6.58. The monoisotopic (exact) mass is 279 g/mol. The van der Waals surface area contributed by atoms with Crippen molar-refractivity contribution < 1.29 is 19.2 Å². The van der Waals surface area contributed by atoms with Crippen molar-refractivity contribution in [3.63, 3.8) is 0 Å². The molecule has 20 heavy (non-hydrogen) atoms. The van der Waals surface area contributed by atoms with Gasteiger partial charge in [-0.3, -0.25) is 14.9 Å². The highest BCUT2D eigenvalue weighted by Crippen LogP contribution is 2.44. The molecule has 108 valence electrons. The van der Waals surface area contributed by atoms with Gasteiger partial charge in [0.15, 0.2) is 11.5 Å². The number of nitrogens with zero attached hydrogens (tertiary/aromatic N) is 1. The van der Waals surface area contributed by atoms with E-state index in [2.05, 4.69) is 0 Å². The number of rotatable bonds is 5. The van der Waals surface area contributed by atoms with Gasteiger partial charge in [-0.1, -0.05) is 25.5 Å². The summed E-state index contributed by atoms with van der Waals surface area (Å²) in [6.07, 6.45) is 1.35. The van der Waals surface area contributed by atoms with E-state index >= 15 is 0 Å². The number of methoxy groups -OCH3 is 1. The van der Waals surface area contributed by atoms with Crippen LogP contribution < -0.4 is 9.47 Å². The summed E-state index contributed by atoms with van der Waals surface area (Å²) in [4.78, 5) is 22.6. The molecule has 0 amide bonds. The summed E-state index contributed by atoms with van der Waals surface area (Å²) >= 11 is 0. The van der Waals surface area contributed by atoms with E-state index in [-0.39, 0.29) is 11.5 Å². The predicted octanol–water partition coefficient (Wildman–Crippen LogP) is 2.39. The highest BCUT2D eigenvalue weighted by Gasteiger charge is 2.41. The first kappa shape index (κ1) is 14.3. The van der Waals surface area contributed by atoms with Gasteiger partial charge in [0.1, 0.15) is 0 Å². The van der Waals surface area contributed by atoms with Crippen LogP contribution in [0.25, 0.3) is 0 Å². The molecule has 2 atom stereocenters. The number of carbonyl (C=O) groups excluding carboxylic acids is 1. The zero-order valence-electron chi connectivity index (χ0n) is 11.5. The Morgan fingerprint density at radius 2 is 2.15 bits per heavy atom. The van der Waals surface area contributed by atoms with E-state index in [4.69, 9.17) is 9.47 Å². The molecule has 1 aromatic carbocycles. The van der Waals surface area contributed by atoms with Gasteiger partial charge >= 0.3 is 5.97 Å². The molecule has 1 aromatic rings. The normalized spacial score (nSPS) is 21.0. The van der Waals surface area contributed by atoms with Gasteiger partial charge in [-0.2, -0.15) is 0 Å². The van der Waals surface area contributed by atoms with Crippen molar-refractivity contribution >= 4 is 5.97 Å². The second kappa shape index (κ2) is 5.90. The third-order valence-electron chi connectivity index (χ3n) is 3.57. The van der Waals surface area contributed by atoms with Crippen molar-refractivity contribution in [2.24, 2.45) is 5.92 Å². The average Bonchev–Trinajstić information content (AvgIpc) is 2.41. The Labute approximate surface area is 116 Å². The van der Waals surface area contributed by atoms with E-state index in [1.165, 1.54) is 7.11 Å². The maximum absolute atomic E-state index is 12.1. The molecule has 1 aliphatic heterocycles. The molecule has 0 saturated heterocycles. The number of fused-ring (bicyclic) bond motifs is 1. The van der Waals surface area contributed by atoms with Crippen LogP contribution in [0.3, 0.4) is 0 Å². The quantitative estimate of drug-likeness (QED) is 0.358. The number of esters is 1. The Kier molecular flexibility index (Phi) is 4.22. The van der Waals surface area contributed by atoms with Crippen molar-refractivity contribution in [3.8, 4) is 11.5 Å². The van der Waals surface area contributed by atoms with Crippen molar-refractivity contribution in [2.75, 3.05) is 13.7 Å². The molecule has 1 heterocycles. The minimum absolute atomic E-state index is 0.278. The highest BCUT2D eigenvalue weighted by molar-refractivity contribution is 5.80. The van der Waals surface area contributed by atoms with Gasteiger partial charge in [-0.15, -0.1) is 0 Å². The number of ether oxygens (including phenoxy) is 2. The van der Waals surface area contributed by atoms with Crippen LogP contribution in [0.2, 0.25) is 0 Å². The number of carbonyl (C=O) groups is 1. The lowest BCUT2D eigenvalue weighted by Crippen LogP contribution is -2.35. The maximum atomic E-state index is 12.1. The van der Waals surface area contributed by atoms with E-state index in [0.717, 1.165) is 6.42 Å². The molecule has 0 radical (unpaired) electrons. The molecule has 0 spiro atoms. The van der Waals surface area contributed by atoms with Gasteiger partial charge in [-0.05, 0) is 12.5 Å². The molecule has 2 rings (SSSR count). The van der Waals surface area contributed by atoms with E-state index in [0.29, 0.717) is 23.5 Å². The summed E-state index contributed by atoms with van der Waals surface area (Å²) in [7, 11) is 1.48. The summed E-state index contributed by atoms with van der Waals surface area (Å²) in [6, 6.07) is 5.20. The van der Waals surface area contributed by atoms with Crippen LogP contribution in [0, 0.1) is 16.0 Å². The largest absolute Gasteiger partial charge is 0.493 e. The van der Waals surface area contributed by atoms with Crippen LogP contribution >= 0.6 is 0 Å². The lowest BCUT2D eigenvalue weighted by Gasteiger charge is -2.30. The molecule has 0 N–H and O–H groups in total. The second-order valence-electron chi connectivity index (χ2n) is 4.82. The molecule has 0 aromatic heterocycles. The van der Waals surface area contributed by atoms with Crippen LogP contribution in [-0.2, 0) is 4.79 Å². The van der Waals surface area contributed by atoms with E-state index < -0.39 is 17.8 Å². The number of para-hydroxylation sites is 1. The molecule has 6 heteroatoms. The Balaban J connectivity index is 2.48. The maximum Gasteiger partial charge on any atom is 0.315 e. The topological polar surface area (TPSA) is 78.7 Å². The fourth-order valence-corrected chi connectivity index (χ4v) is 2.67. The number of nitro groups is 1. The van der Waals surface area contributed by atoms with Crippen molar-refractivity contribution in [1.29, 1.82) is 0 Å². The van der Waals surface area contributed by atoms with Gasteiger partial charge in [0.2, 0.25) is 6.54 Å². The van der Waals surface area contributed by atoms with E-state index in [1.54, 1.807) is 18.2 Å². The van der Waals surface area contributed by atoms with Crippen LogP contribution in [0.5, 0.6) is 11.5 Å². The molecule has 2 unspecified atom stereocenters. The lowest BCUT2D eigenvalue weighted by atomic mass is 9.81. The van der Waals surface area contributed by atoms with Crippen molar-refractivity contribution in [3.05, 3.63) is 33.9 Å². The average molecular weight is 279 g/mol. The minimum Gasteiger partial charge on any atom is -0.493 e. The fourth-order valence-electron chi connectivity index (χ4n) is 2.67. The summed E-state index contributed by atoms with van der Waals surface area (Å²) in [6.45, 7) is 1.66. The van der Waals surface area contributed by atoms with Crippen LogP contribution in [0.4, 0.5) is 0 Å². The number of hydrogen-bond donors (Lipinski definition) is 0. The Morgan fingerprint density at radius 3 is 2.75 bits per heavy atom. The SMILES string of the molecule is CCCC1C(=O)Oc2c(OC)cccc2C1C[N+](=O)[O-]. The minimum atomic E-state index is -0.468. The standard InChI is InChI=1S/C14H17NO5/c1-3-5-10-11(8-15(17)18)9-6-4-7-12(19-2)13(9)20-14(10)16/h4,6-7,10-11H,3,5,8H2,1-2H3. The zero-order chi connectivity index (χ0) is 14.7. The first-order chi connectivity index (χ1) is 9.58. The van der Waals surface area contributed by atoms with Crippen molar-refractivity contribution in [1.82, 2.24) is 0 Å². The second-order valence-corrected chi connectivity index (χ2v) is 4.82. The smallest absolute Gasteiger partial charge is 0.315 e. The summed E-state index contributed by atoms with van der Waals surface area (Å²) in [5.41, 5.74) is 0.680. The van der Waals surface area contributed by atoms with E-state index in [1.807, 2.05) is 6.92 Å². The molecular formula is C14H17NO5. The molecule has 6 nitrogen and oxygen atoms in total. The Hall–Kier alpha value is -2.11. The Bertz CT molecular complexity index is 528. The van der Waals surface area contributed by atoms with Gasteiger partial charge in [0, 0.05) is 10.5 Å². The lowest BCUT2D eigenvalue weighted by molar-refractivity contribution is -0.484. The van der Waals surface area contributed by atoms with Crippen molar-refractivity contribution in [2.45, 2.75) is 25.7 Å². The molecule has 0 bridgehead atoms. The van der Waals surface area contributed by atoms with Gasteiger partial charge in [0.25, 0.3) is 0 Å². The van der Waals surface area contributed by atoms with Gasteiger partial charge in [-0.25, -0.2) is 0 Å². The van der Waals surface area contributed by atoms with Gasteiger partial charge in [0.05, 0.1) is 18.9 Å². The predicted molar refractivity (Wildman–Crippen MR) is 71.6 cm³/mol. The number of benzene rings is 1. The summed E-state index contributed by atoms with van der Waals surface area (Å²) in [5, 5.41) is 10.9. The number of hydrogen-bond acceptors (Lipinski definition) is 5. The Morgan fingerprint density at radius 1 is 1.40 bits per heavy atom. The highest BCUT2D eigenvalue weighted by atomic mass is 16.6. The first-order valence-corrected chi connectivity index (χ1v) is 6.58. The van der Waals surface area contributed by atoms with E-state index in [9.17, 15) is 14.9 Å².